The Kier molecular flexibility index (Phi) is 1.96. The maximum Gasteiger partial charge on any atom is 0.520 e. The first-order chi connectivity index (χ1) is 2.94. The number of hydrogen-bond donors (Lipinski definition) is 0. The lowest BCUT2D eigenvalue weighted by molar-refractivity contribution is 0.656. The molecule has 0 N–H and O–H groups in total. The summed E-state index contributed by atoms with van der Waals surface area (Å²) < 4.78 is 22.3. The van der Waals surface area contributed by atoms with Gasteiger partial charge >= 0.3 is 7.27 Å². The highest BCUT2D eigenvalue weighted by Crippen LogP contribution is 2.14. The van der Waals surface area contributed by atoms with Crippen molar-refractivity contribution in [1.29, 1.82) is 0 Å². The van der Waals surface area contributed by atoms with Crippen molar-refractivity contribution in [2.24, 2.45) is 0 Å². The van der Waals surface area contributed by atoms with Crippen LogP contribution in [0.4, 0.5) is 8.63 Å². The third-order valence-electron chi connectivity index (χ3n) is 0.378. The number of hydrogen-bond acceptors (Lipinski definition) is 0. The Hall–Kier alpha value is 0.120. The summed E-state index contributed by atoms with van der Waals surface area (Å²) in [7, 11) is 10.6. The second-order valence-electron chi connectivity index (χ2n) is 1.30. The molecule has 0 saturated heterocycles. The van der Waals surface area contributed by atoms with E-state index in [1.807, 2.05) is 0 Å². The summed E-state index contributed by atoms with van der Waals surface area (Å²) >= 11 is 0. The molecular weight excluding hydrogens is 93.3 g/mol. The average molecular weight is 93.3 g/mol. The molecule has 0 bridgehead atoms. The maximum absolute atomic E-state index is 11.2. The fourth-order valence-electron chi connectivity index (χ4n) is 0. The minimum Gasteiger partial charge on any atom is -0.289 e. The minimum absolute atomic E-state index is 2.33. The first kappa shape index (κ1) is 7.12. The third-order valence-corrected chi connectivity index (χ3v) is 0.378. The zero-order valence-corrected chi connectivity index (χ0v) is 3.57. The molecule has 0 rings (SSSR count). The monoisotopic (exact) mass is 94.0 g/mol. The van der Waals surface area contributed by atoms with Crippen molar-refractivity contribution in [2.75, 3.05) is 0 Å². The van der Waals surface area contributed by atoms with Gasteiger partial charge < -0.3 is 0 Å². The summed E-state index contributed by atoms with van der Waals surface area (Å²) in [5, 5.41) is -2.33. The van der Waals surface area contributed by atoms with Crippen molar-refractivity contribution in [3.05, 3.63) is 0 Å². The fourth-order valence-corrected chi connectivity index (χ4v) is 0. The van der Waals surface area contributed by atoms with E-state index in [9.17, 15) is 8.63 Å². The van der Waals surface area contributed by atoms with Crippen molar-refractivity contribution >= 4 is 30.8 Å². The number of halogens is 2. The lowest BCUT2D eigenvalue weighted by Gasteiger charge is -2.12. The van der Waals surface area contributed by atoms with Crippen LogP contribution in [0.15, 0.2) is 0 Å². The molecule has 0 aliphatic heterocycles. The highest BCUT2D eigenvalue weighted by molar-refractivity contribution is 6.84. The van der Waals surface area contributed by atoms with E-state index in [0.717, 1.165) is 0 Å². The normalized spacial score (nSPS) is 11.1. The van der Waals surface area contributed by atoms with Crippen LogP contribution in [0.2, 0.25) is 5.01 Å². The van der Waals surface area contributed by atoms with Crippen molar-refractivity contribution in [2.45, 2.75) is 5.01 Å². The molecule has 0 aromatic rings. The predicted molar refractivity (Wildman–Crippen MR) is 27.9 cm³/mol. The van der Waals surface area contributed by atoms with E-state index >= 15 is 0 Å². The summed E-state index contributed by atoms with van der Waals surface area (Å²) in [5.41, 5.74) is 0. The molecule has 0 aromatic heterocycles. The second kappa shape index (κ2) is 1.93. The molecule has 0 unspecified atom stereocenters. The average Bonchev–Trinajstić information content (AvgIpc) is 1.31. The van der Waals surface area contributed by atoms with Gasteiger partial charge in [0.15, 0.2) is 0 Å². The quantitative estimate of drug-likeness (QED) is 0.385. The van der Waals surface area contributed by atoms with Crippen LogP contribution in [0.1, 0.15) is 0 Å². The predicted octanol–water partition coefficient (Wildman–Crippen LogP) is -0.468. The van der Waals surface area contributed by atoms with E-state index in [2.05, 4.69) is 23.5 Å². The maximum atomic E-state index is 11.2. The Bertz CT molecular complexity index is 55.2. The standard InChI is InChI=1S/CB4F2/c2-1(3,4)5(6)7. The Balaban J connectivity index is 3.54. The molecule has 7 heavy (non-hydrogen) atoms. The number of rotatable bonds is 1. The van der Waals surface area contributed by atoms with E-state index < -0.39 is 12.3 Å². The zero-order chi connectivity index (χ0) is 6.08. The van der Waals surface area contributed by atoms with Crippen molar-refractivity contribution in [3.8, 4) is 0 Å². The molecule has 6 heteroatoms. The zero-order valence-electron chi connectivity index (χ0n) is 3.57. The molecular formula is CB4F2. The van der Waals surface area contributed by atoms with Crippen molar-refractivity contribution < 1.29 is 8.63 Å². The van der Waals surface area contributed by atoms with E-state index in [-0.39, 0.29) is 0 Å². The molecule has 0 heterocycles. The lowest BCUT2D eigenvalue weighted by Crippen LogP contribution is -2.26. The summed E-state index contributed by atoms with van der Waals surface area (Å²) in [6.45, 7) is 0. The fraction of sp³-hybridized carbons (Fsp3) is 1.00. The third kappa shape index (κ3) is 2.77. The van der Waals surface area contributed by atoms with Gasteiger partial charge in [-0.2, -0.15) is 0 Å². The summed E-state index contributed by atoms with van der Waals surface area (Å²) in [6, 6.07) is 0. The van der Waals surface area contributed by atoms with Crippen molar-refractivity contribution in [3.63, 3.8) is 0 Å². The van der Waals surface area contributed by atoms with Crippen LogP contribution in [0.5, 0.6) is 0 Å². The molecule has 0 atom stereocenters. The molecule has 6 radical (unpaired) electrons. The largest absolute Gasteiger partial charge is 0.520 e. The molecule has 30 valence electrons. The Morgan fingerprint density at radius 3 is 1.29 bits per heavy atom. The van der Waals surface area contributed by atoms with Crippen LogP contribution in [0.3, 0.4) is 0 Å². The van der Waals surface area contributed by atoms with E-state index in [1.54, 1.807) is 0 Å². The van der Waals surface area contributed by atoms with Crippen LogP contribution in [0.25, 0.3) is 0 Å². The Labute approximate surface area is 45.4 Å². The molecule has 0 aliphatic carbocycles. The first-order valence-electron chi connectivity index (χ1n) is 1.59. The Morgan fingerprint density at radius 1 is 1.14 bits per heavy atom. The van der Waals surface area contributed by atoms with E-state index in [1.165, 1.54) is 0 Å². The molecule has 0 saturated carbocycles. The SMILES string of the molecule is [B]C([B])([B])B(F)F. The molecule has 0 spiro atoms. The van der Waals surface area contributed by atoms with Gasteiger partial charge in [0.2, 0.25) is 0 Å². The Morgan fingerprint density at radius 2 is 1.29 bits per heavy atom. The first-order valence-corrected chi connectivity index (χ1v) is 1.59. The lowest BCUT2D eigenvalue weighted by atomic mass is 9.29. The van der Waals surface area contributed by atoms with Gasteiger partial charge in [0, 0.05) is 23.5 Å². The van der Waals surface area contributed by atoms with Gasteiger partial charge in [0.25, 0.3) is 0 Å². The smallest absolute Gasteiger partial charge is 0.289 e. The van der Waals surface area contributed by atoms with E-state index in [0.29, 0.717) is 0 Å². The minimum atomic E-state index is -2.87. The van der Waals surface area contributed by atoms with Gasteiger partial charge in [-0.05, 0) is 0 Å². The molecule has 0 nitrogen and oxygen atoms in total. The van der Waals surface area contributed by atoms with E-state index in [4.69, 9.17) is 0 Å². The topological polar surface area (TPSA) is 0 Å². The van der Waals surface area contributed by atoms with Crippen LogP contribution in [-0.4, -0.2) is 30.8 Å². The van der Waals surface area contributed by atoms with Crippen molar-refractivity contribution in [1.82, 2.24) is 0 Å². The highest BCUT2D eigenvalue weighted by Gasteiger charge is 2.28. The molecule has 0 fully saturated rings. The van der Waals surface area contributed by atoms with Gasteiger partial charge in [-0.3, -0.25) is 8.63 Å². The van der Waals surface area contributed by atoms with Crippen LogP contribution in [-0.2, 0) is 0 Å². The van der Waals surface area contributed by atoms with Crippen LogP contribution in [0, 0.1) is 0 Å². The van der Waals surface area contributed by atoms with Crippen LogP contribution < -0.4 is 0 Å². The van der Waals surface area contributed by atoms with Gasteiger partial charge in [-0.15, -0.1) is 0 Å². The van der Waals surface area contributed by atoms with Crippen LogP contribution >= 0.6 is 0 Å². The van der Waals surface area contributed by atoms with Gasteiger partial charge in [0.05, 0.1) is 0 Å². The van der Waals surface area contributed by atoms with Gasteiger partial charge in [-0.1, -0.05) is 5.01 Å². The second-order valence-corrected chi connectivity index (χ2v) is 1.30. The van der Waals surface area contributed by atoms with Gasteiger partial charge in [-0.25, -0.2) is 0 Å². The summed E-state index contributed by atoms with van der Waals surface area (Å²) in [5.74, 6) is 0. The summed E-state index contributed by atoms with van der Waals surface area (Å²) in [6.07, 6.45) is 0. The summed E-state index contributed by atoms with van der Waals surface area (Å²) in [4.78, 5) is 0. The van der Waals surface area contributed by atoms with Gasteiger partial charge in [0.1, 0.15) is 0 Å². The molecule has 0 amide bonds. The molecule has 0 aromatic carbocycles. The molecule has 0 aliphatic rings. The highest BCUT2D eigenvalue weighted by atomic mass is 19.2.